The molecule has 0 aromatic rings. The van der Waals surface area contributed by atoms with Crippen molar-refractivity contribution in [1.82, 2.24) is 0 Å². The molecule has 0 nitrogen and oxygen atoms in total. The molecule has 0 radical (unpaired) electrons. The van der Waals surface area contributed by atoms with E-state index in [1.807, 2.05) is 0 Å². The van der Waals surface area contributed by atoms with Crippen LogP contribution in [0, 0.1) is 0 Å². The lowest BCUT2D eigenvalue weighted by Crippen LogP contribution is -1.89. The topological polar surface area (TPSA) is 0 Å². The highest BCUT2D eigenvalue weighted by atomic mass is 127. The first-order valence-corrected chi connectivity index (χ1v) is 7.45. The fourth-order valence-corrected chi connectivity index (χ4v) is 4.98. The molecule has 0 aliphatic carbocycles. The van der Waals surface area contributed by atoms with Crippen LogP contribution in [0.3, 0.4) is 0 Å². The number of alkyl halides is 1. The standard InChI is InChI=1S/C2H5Cl2ISi/c3-6(4)2-1-5/h6H,1-2H2. The summed E-state index contributed by atoms with van der Waals surface area (Å²) in [7, 11) is -1.23. The summed E-state index contributed by atoms with van der Waals surface area (Å²) in [5.74, 6) is 0. The quantitative estimate of drug-likeness (QED) is 0.307. The van der Waals surface area contributed by atoms with Crippen LogP contribution in [0.1, 0.15) is 0 Å². The Morgan fingerprint density at radius 2 is 2.00 bits per heavy atom. The van der Waals surface area contributed by atoms with Crippen LogP contribution in [-0.2, 0) is 0 Å². The van der Waals surface area contributed by atoms with Gasteiger partial charge in [0.2, 0.25) is 7.42 Å². The van der Waals surface area contributed by atoms with Gasteiger partial charge in [-0.3, -0.25) is 0 Å². The molecular weight excluding hydrogens is 250 g/mol. The Morgan fingerprint density at radius 3 is 2.00 bits per heavy atom. The summed E-state index contributed by atoms with van der Waals surface area (Å²) in [5.41, 5.74) is 0. The molecule has 0 rings (SSSR count). The van der Waals surface area contributed by atoms with Gasteiger partial charge >= 0.3 is 0 Å². The van der Waals surface area contributed by atoms with E-state index in [2.05, 4.69) is 22.6 Å². The van der Waals surface area contributed by atoms with Gasteiger partial charge in [0, 0.05) is 0 Å². The number of hydrogen-bond donors (Lipinski definition) is 0. The molecule has 4 heteroatoms. The van der Waals surface area contributed by atoms with E-state index < -0.39 is 7.42 Å². The molecule has 38 valence electrons. The molecule has 0 saturated carbocycles. The molecule has 0 heterocycles. The molecule has 0 amide bonds. The van der Waals surface area contributed by atoms with Crippen molar-refractivity contribution in [3.05, 3.63) is 0 Å². The Bertz CT molecular complexity index is 32.7. The molecule has 0 aliphatic heterocycles. The highest BCUT2D eigenvalue weighted by molar-refractivity contribution is 14.1. The molecular formula is C2H5Cl2ISi. The third-order valence-corrected chi connectivity index (χ3v) is 4.16. The Morgan fingerprint density at radius 1 is 1.50 bits per heavy atom. The Balaban J connectivity index is 2.63. The molecule has 0 spiro atoms. The van der Waals surface area contributed by atoms with Gasteiger partial charge in [0.05, 0.1) is 0 Å². The summed E-state index contributed by atoms with van der Waals surface area (Å²) in [6.07, 6.45) is 0. The first kappa shape index (κ1) is 7.53. The van der Waals surface area contributed by atoms with Gasteiger partial charge in [0.15, 0.2) is 0 Å². The highest BCUT2D eigenvalue weighted by Crippen LogP contribution is 2.03. The molecule has 0 bridgehead atoms. The second-order valence-corrected chi connectivity index (χ2v) is 7.14. The van der Waals surface area contributed by atoms with Crippen LogP contribution in [0.4, 0.5) is 0 Å². The zero-order valence-electron chi connectivity index (χ0n) is 3.13. The summed E-state index contributed by atoms with van der Waals surface area (Å²) >= 11 is 13.2. The van der Waals surface area contributed by atoms with Crippen molar-refractivity contribution in [3.8, 4) is 0 Å². The van der Waals surface area contributed by atoms with Crippen LogP contribution < -0.4 is 0 Å². The van der Waals surface area contributed by atoms with Crippen LogP contribution in [-0.4, -0.2) is 11.8 Å². The van der Waals surface area contributed by atoms with Crippen molar-refractivity contribution in [2.75, 3.05) is 4.43 Å². The van der Waals surface area contributed by atoms with Crippen LogP contribution in [0.25, 0.3) is 0 Å². The molecule has 6 heavy (non-hydrogen) atoms. The van der Waals surface area contributed by atoms with Gasteiger partial charge in [0.1, 0.15) is 0 Å². The maximum atomic E-state index is 5.48. The van der Waals surface area contributed by atoms with Crippen LogP contribution >= 0.6 is 44.7 Å². The summed E-state index contributed by atoms with van der Waals surface area (Å²) in [5, 5.41) is 0. The van der Waals surface area contributed by atoms with Crippen molar-refractivity contribution in [2.45, 2.75) is 6.04 Å². The average molecular weight is 255 g/mol. The third-order valence-electron chi connectivity index (χ3n) is 0.327. The van der Waals surface area contributed by atoms with Crippen LogP contribution in [0.2, 0.25) is 6.04 Å². The van der Waals surface area contributed by atoms with E-state index in [0.717, 1.165) is 10.5 Å². The minimum absolute atomic E-state index is 1.03. The van der Waals surface area contributed by atoms with Gasteiger partial charge in [-0.2, -0.15) is 22.2 Å². The SMILES string of the molecule is Cl[SiH](Cl)CCI. The predicted molar refractivity (Wildman–Crippen MR) is 42.5 cm³/mol. The fraction of sp³-hybridized carbons (Fsp3) is 1.00. The van der Waals surface area contributed by atoms with E-state index >= 15 is 0 Å². The van der Waals surface area contributed by atoms with Crippen molar-refractivity contribution in [1.29, 1.82) is 0 Å². The van der Waals surface area contributed by atoms with Gasteiger partial charge in [-0.25, -0.2) is 0 Å². The summed E-state index contributed by atoms with van der Waals surface area (Å²) in [6, 6.07) is 1.03. The highest BCUT2D eigenvalue weighted by Gasteiger charge is 1.96. The van der Waals surface area contributed by atoms with E-state index in [1.54, 1.807) is 0 Å². The Kier molecular flexibility index (Phi) is 5.87. The molecule has 0 aliphatic rings. The second-order valence-electron chi connectivity index (χ2n) is 0.869. The smallest absolute Gasteiger partial charge is 0.150 e. The normalized spacial score (nSPS) is 10.0. The van der Waals surface area contributed by atoms with E-state index in [1.165, 1.54) is 0 Å². The lowest BCUT2D eigenvalue weighted by atomic mass is 11.0. The van der Waals surface area contributed by atoms with E-state index in [4.69, 9.17) is 22.2 Å². The molecule has 0 saturated heterocycles. The molecule has 0 fully saturated rings. The Labute approximate surface area is 62.4 Å². The average Bonchev–Trinajstić information content (AvgIpc) is 1.35. The minimum atomic E-state index is -1.23. The maximum Gasteiger partial charge on any atom is 0.237 e. The van der Waals surface area contributed by atoms with Gasteiger partial charge in [-0.1, -0.05) is 22.6 Å². The monoisotopic (exact) mass is 254 g/mol. The largest absolute Gasteiger partial charge is 0.237 e. The summed E-state index contributed by atoms with van der Waals surface area (Å²) in [6.45, 7) is 0. The molecule has 0 unspecified atom stereocenters. The van der Waals surface area contributed by atoms with Crippen molar-refractivity contribution in [3.63, 3.8) is 0 Å². The van der Waals surface area contributed by atoms with Crippen LogP contribution in [0.15, 0.2) is 0 Å². The summed E-state index contributed by atoms with van der Waals surface area (Å²) < 4.78 is 1.10. The minimum Gasteiger partial charge on any atom is -0.150 e. The number of rotatable bonds is 2. The number of hydrogen-bond acceptors (Lipinski definition) is 0. The van der Waals surface area contributed by atoms with Gasteiger partial charge < -0.3 is 0 Å². The van der Waals surface area contributed by atoms with Crippen LogP contribution in [0.5, 0.6) is 0 Å². The van der Waals surface area contributed by atoms with Gasteiger partial charge in [0.25, 0.3) is 0 Å². The Hall–Kier alpha value is 1.53. The predicted octanol–water partition coefficient (Wildman–Crippen LogP) is 2.12. The number of halogens is 3. The molecule has 0 aromatic heterocycles. The van der Waals surface area contributed by atoms with Gasteiger partial charge in [-0.15, -0.1) is 0 Å². The van der Waals surface area contributed by atoms with E-state index in [0.29, 0.717) is 0 Å². The molecule has 0 N–H and O–H groups in total. The van der Waals surface area contributed by atoms with E-state index in [-0.39, 0.29) is 0 Å². The van der Waals surface area contributed by atoms with E-state index in [9.17, 15) is 0 Å². The fourth-order valence-electron chi connectivity index (χ4n) is 0.0825. The van der Waals surface area contributed by atoms with Crippen molar-refractivity contribution in [2.24, 2.45) is 0 Å². The third kappa shape index (κ3) is 5.53. The molecule has 0 aromatic carbocycles. The lowest BCUT2D eigenvalue weighted by molar-refractivity contribution is 1.54. The van der Waals surface area contributed by atoms with Crippen molar-refractivity contribution < 1.29 is 0 Å². The lowest BCUT2D eigenvalue weighted by Gasteiger charge is -1.86. The second kappa shape index (κ2) is 4.68. The zero-order chi connectivity index (χ0) is 4.99. The first-order chi connectivity index (χ1) is 2.77. The first-order valence-electron chi connectivity index (χ1n) is 1.61. The summed E-state index contributed by atoms with van der Waals surface area (Å²) in [4.78, 5) is 0. The molecule has 0 atom stereocenters. The maximum absolute atomic E-state index is 5.48. The van der Waals surface area contributed by atoms with Gasteiger partial charge in [-0.05, 0) is 10.5 Å². The van der Waals surface area contributed by atoms with Crippen molar-refractivity contribution >= 4 is 52.2 Å². The zero-order valence-corrected chi connectivity index (χ0v) is 7.95.